The lowest BCUT2D eigenvalue weighted by Crippen LogP contribution is -2.18. The molecule has 30 heavy (non-hydrogen) atoms. The molecule has 4 heterocycles. The molecular weight excluding hydrogens is 400 g/mol. The monoisotopic (exact) mass is 420 g/mol. The van der Waals surface area contributed by atoms with Gasteiger partial charge in [0.1, 0.15) is 17.8 Å². The lowest BCUT2D eigenvalue weighted by Gasteiger charge is -2.17. The first-order chi connectivity index (χ1) is 14.6. The van der Waals surface area contributed by atoms with Gasteiger partial charge in [0.05, 0.1) is 12.3 Å². The predicted molar refractivity (Wildman–Crippen MR) is 114 cm³/mol. The van der Waals surface area contributed by atoms with E-state index in [1.54, 1.807) is 6.07 Å². The Kier molecular flexibility index (Phi) is 4.66. The van der Waals surface area contributed by atoms with Crippen molar-refractivity contribution in [3.05, 3.63) is 52.9 Å². The predicted octanol–water partition coefficient (Wildman–Crippen LogP) is 3.95. The third kappa shape index (κ3) is 3.41. The number of aromatic nitrogens is 5. The van der Waals surface area contributed by atoms with Crippen LogP contribution in [-0.4, -0.2) is 37.1 Å². The minimum Gasteiger partial charge on any atom is -0.493 e. The lowest BCUT2D eigenvalue weighted by atomic mass is 10.0. The Labute approximate surface area is 177 Å². The van der Waals surface area contributed by atoms with Crippen LogP contribution >= 0.6 is 11.3 Å². The molecule has 1 aromatic carbocycles. The van der Waals surface area contributed by atoms with Crippen LogP contribution in [0.15, 0.2) is 36.0 Å². The summed E-state index contributed by atoms with van der Waals surface area (Å²) >= 11 is 1.39. The van der Waals surface area contributed by atoms with Gasteiger partial charge in [-0.1, -0.05) is 13.8 Å². The van der Waals surface area contributed by atoms with Gasteiger partial charge in [0.2, 0.25) is 0 Å². The first-order valence-corrected chi connectivity index (χ1v) is 10.7. The molecule has 1 N–H and O–H groups in total. The van der Waals surface area contributed by atoms with Gasteiger partial charge in [0, 0.05) is 16.6 Å². The van der Waals surface area contributed by atoms with Crippen molar-refractivity contribution < 1.29 is 9.53 Å². The summed E-state index contributed by atoms with van der Waals surface area (Å²) in [6, 6.07) is 7.86. The van der Waals surface area contributed by atoms with E-state index in [1.165, 1.54) is 27.7 Å². The molecule has 0 atom stereocenters. The van der Waals surface area contributed by atoms with Gasteiger partial charge < -0.3 is 4.74 Å². The van der Waals surface area contributed by atoms with Crippen LogP contribution in [0.4, 0.5) is 5.13 Å². The average molecular weight is 420 g/mol. The number of amides is 1. The summed E-state index contributed by atoms with van der Waals surface area (Å²) in [4.78, 5) is 26.1. The number of hydrogen-bond donors (Lipinski definition) is 1. The summed E-state index contributed by atoms with van der Waals surface area (Å²) in [5, 5.41) is 9.49. The quantitative estimate of drug-likeness (QED) is 0.537. The molecule has 5 rings (SSSR count). The molecule has 0 bridgehead atoms. The summed E-state index contributed by atoms with van der Waals surface area (Å²) in [5.74, 6) is 1.22. The number of nitrogens with one attached hydrogen (secondary N) is 1. The lowest BCUT2D eigenvalue weighted by molar-refractivity contribution is 0.101. The molecule has 9 heteroatoms. The van der Waals surface area contributed by atoms with Crippen molar-refractivity contribution in [3.8, 4) is 17.0 Å². The topological polar surface area (TPSA) is 94.3 Å². The third-order valence-electron chi connectivity index (χ3n) is 5.02. The van der Waals surface area contributed by atoms with Crippen molar-refractivity contribution in [2.75, 3.05) is 11.9 Å². The fourth-order valence-electron chi connectivity index (χ4n) is 3.43. The van der Waals surface area contributed by atoms with Crippen LogP contribution in [-0.2, 0) is 6.42 Å². The van der Waals surface area contributed by atoms with Gasteiger partial charge in [-0.25, -0.2) is 9.97 Å². The molecule has 0 radical (unpaired) electrons. The standard InChI is InChI=1S/C21H20N6O2S/c1-12(2)15-9-17(27-20(24-15)22-11-23-27)19(28)26-21-25-16(10-30-21)13-5-6-18-14(8-13)4-3-7-29-18/h5-6,8-12H,3-4,7H2,1-2H3,(H,25,26,28). The summed E-state index contributed by atoms with van der Waals surface area (Å²) in [7, 11) is 0. The number of thiazole rings is 1. The van der Waals surface area contributed by atoms with Gasteiger partial charge in [0.15, 0.2) is 5.13 Å². The maximum atomic E-state index is 13.0. The highest BCUT2D eigenvalue weighted by molar-refractivity contribution is 7.14. The van der Waals surface area contributed by atoms with E-state index in [4.69, 9.17) is 4.74 Å². The zero-order chi connectivity index (χ0) is 20.7. The Balaban J connectivity index is 1.41. The van der Waals surface area contributed by atoms with Crippen LogP contribution in [0.2, 0.25) is 0 Å². The normalized spacial score (nSPS) is 13.3. The van der Waals surface area contributed by atoms with Crippen molar-refractivity contribution in [2.24, 2.45) is 0 Å². The second-order valence-corrected chi connectivity index (χ2v) is 8.32. The molecule has 4 aromatic rings. The molecule has 3 aromatic heterocycles. The molecule has 1 amide bonds. The van der Waals surface area contributed by atoms with Crippen molar-refractivity contribution >= 4 is 28.2 Å². The molecule has 152 valence electrons. The van der Waals surface area contributed by atoms with Crippen LogP contribution in [0.5, 0.6) is 5.75 Å². The maximum Gasteiger partial charge on any atom is 0.276 e. The van der Waals surface area contributed by atoms with Gasteiger partial charge in [0.25, 0.3) is 11.7 Å². The fraction of sp³-hybridized carbons (Fsp3) is 0.286. The number of aryl methyl sites for hydroxylation is 1. The smallest absolute Gasteiger partial charge is 0.276 e. The van der Waals surface area contributed by atoms with Crippen molar-refractivity contribution in [2.45, 2.75) is 32.6 Å². The zero-order valence-corrected chi connectivity index (χ0v) is 17.4. The molecule has 0 fully saturated rings. The fourth-order valence-corrected chi connectivity index (χ4v) is 4.15. The van der Waals surface area contributed by atoms with Gasteiger partial charge >= 0.3 is 0 Å². The largest absolute Gasteiger partial charge is 0.493 e. The molecule has 1 aliphatic heterocycles. The Morgan fingerprint density at radius 2 is 2.17 bits per heavy atom. The van der Waals surface area contributed by atoms with E-state index in [-0.39, 0.29) is 11.8 Å². The number of rotatable bonds is 4. The first kappa shape index (κ1) is 18.7. The molecule has 8 nitrogen and oxygen atoms in total. The molecule has 0 spiro atoms. The summed E-state index contributed by atoms with van der Waals surface area (Å²) in [5.41, 5.74) is 4.21. The summed E-state index contributed by atoms with van der Waals surface area (Å²) in [6.07, 6.45) is 3.42. The Hall–Kier alpha value is -3.33. The van der Waals surface area contributed by atoms with Gasteiger partial charge in [-0.3, -0.25) is 10.1 Å². The summed E-state index contributed by atoms with van der Waals surface area (Å²) < 4.78 is 7.13. The van der Waals surface area contributed by atoms with Gasteiger partial charge in [-0.15, -0.1) is 11.3 Å². The number of nitrogens with zero attached hydrogens (tertiary/aromatic N) is 5. The van der Waals surface area contributed by atoms with E-state index in [9.17, 15) is 4.79 Å². The molecule has 0 saturated heterocycles. The number of carbonyl (C=O) groups excluding carboxylic acids is 1. The van der Waals surface area contributed by atoms with Crippen LogP contribution in [0.1, 0.15) is 47.9 Å². The minimum absolute atomic E-state index is 0.165. The minimum atomic E-state index is -0.297. The van der Waals surface area contributed by atoms with E-state index < -0.39 is 0 Å². The number of carbonyl (C=O) groups is 1. The highest BCUT2D eigenvalue weighted by Gasteiger charge is 2.18. The van der Waals surface area contributed by atoms with E-state index in [0.29, 0.717) is 16.6 Å². The van der Waals surface area contributed by atoms with Crippen LogP contribution in [0, 0.1) is 0 Å². The van der Waals surface area contributed by atoms with E-state index in [1.807, 2.05) is 31.4 Å². The second kappa shape index (κ2) is 7.49. The number of hydrogen-bond acceptors (Lipinski definition) is 7. The zero-order valence-electron chi connectivity index (χ0n) is 16.6. The van der Waals surface area contributed by atoms with Crippen LogP contribution in [0.3, 0.4) is 0 Å². The van der Waals surface area contributed by atoms with E-state index in [2.05, 4.69) is 31.4 Å². The van der Waals surface area contributed by atoms with Crippen molar-refractivity contribution in [1.29, 1.82) is 0 Å². The summed E-state index contributed by atoms with van der Waals surface area (Å²) in [6.45, 7) is 4.81. The number of fused-ring (bicyclic) bond motifs is 2. The highest BCUT2D eigenvalue weighted by atomic mass is 32.1. The third-order valence-corrected chi connectivity index (χ3v) is 5.78. The van der Waals surface area contributed by atoms with Crippen LogP contribution < -0.4 is 10.1 Å². The number of anilines is 1. The van der Waals surface area contributed by atoms with Gasteiger partial charge in [-0.05, 0) is 48.6 Å². The Morgan fingerprint density at radius 1 is 1.27 bits per heavy atom. The first-order valence-electron chi connectivity index (χ1n) is 9.82. The molecular formula is C21H20N6O2S. The number of ether oxygens (including phenoxy) is 1. The van der Waals surface area contributed by atoms with E-state index in [0.717, 1.165) is 42.1 Å². The SMILES string of the molecule is CC(C)c1cc(C(=O)Nc2nc(-c3ccc4c(c3)CCCO4)cs2)n2ncnc2n1. The number of benzene rings is 1. The van der Waals surface area contributed by atoms with Crippen molar-refractivity contribution in [3.63, 3.8) is 0 Å². The molecule has 1 aliphatic rings. The highest BCUT2D eigenvalue weighted by Crippen LogP contribution is 2.31. The van der Waals surface area contributed by atoms with E-state index >= 15 is 0 Å². The second-order valence-electron chi connectivity index (χ2n) is 7.46. The maximum absolute atomic E-state index is 13.0. The van der Waals surface area contributed by atoms with Gasteiger partial charge in [-0.2, -0.15) is 14.6 Å². The molecule has 0 saturated carbocycles. The molecule has 0 unspecified atom stereocenters. The van der Waals surface area contributed by atoms with Crippen molar-refractivity contribution in [1.82, 2.24) is 24.6 Å². The van der Waals surface area contributed by atoms with Crippen LogP contribution in [0.25, 0.3) is 17.0 Å². The Morgan fingerprint density at radius 3 is 3.03 bits per heavy atom. The molecule has 0 aliphatic carbocycles. The Bertz CT molecular complexity index is 1250. The average Bonchev–Trinajstić information content (AvgIpc) is 3.42.